The van der Waals surface area contributed by atoms with Crippen molar-refractivity contribution >= 4 is 0 Å². The van der Waals surface area contributed by atoms with Crippen LogP contribution in [0.15, 0.2) is 0 Å². The summed E-state index contributed by atoms with van der Waals surface area (Å²) in [6.07, 6.45) is 4.33. The van der Waals surface area contributed by atoms with Crippen molar-refractivity contribution in [3.63, 3.8) is 0 Å². The van der Waals surface area contributed by atoms with E-state index in [4.69, 9.17) is 0 Å². The van der Waals surface area contributed by atoms with E-state index in [1.165, 1.54) is 58.5 Å². The van der Waals surface area contributed by atoms with E-state index in [0.717, 1.165) is 12.1 Å². The molecule has 0 aliphatic carbocycles. The number of hydrogen-bond donors (Lipinski definition) is 1. The van der Waals surface area contributed by atoms with Crippen molar-refractivity contribution in [3.05, 3.63) is 0 Å². The quantitative estimate of drug-likeness (QED) is 0.641. The molecule has 3 rings (SSSR count). The molecule has 0 aromatic rings. The van der Waals surface area contributed by atoms with Crippen LogP contribution in [0.4, 0.5) is 0 Å². The second-order valence-corrected chi connectivity index (χ2v) is 4.99. The molecule has 0 aromatic carbocycles. The molecule has 1 atom stereocenters. The van der Waals surface area contributed by atoms with Crippen molar-refractivity contribution in [1.29, 1.82) is 0 Å². The zero-order valence-electron chi connectivity index (χ0n) is 8.91. The molecule has 0 spiro atoms. The number of rotatable bonds is 1. The summed E-state index contributed by atoms with van der Waals surface area (Å²) in [4.78, 5) is 5.43. The fraction of sp³-hybridized carbons (Fsp3) is 1.00. The van der Waals surface area contributed by atoms with Gasteiger partial charge in [-0.2, -0.15) is 0 Å². The Bertz CT molecular complexity index is 203. The highest BCUT2D eigenvalue weighted by Gasteiger charge is 2.33. The zero-order chi connectivity index (χ0) is 9.38. The van der Waals surface area contributed by atoms with Crippen LogP contribution < -0.4 is 5.32 Å². The third-order valence-corrected chi connectivity index (χ3v) is 4.15. The Labute approximate surface area is 86.4 Å². The van der Waals surface area contributed by atoms with Crippen LogP contribution in [0.3, 0.4) is 0 Å². The van der Waals surface area contributed by atoms with Crippen LogP contribution in [-0.4, -0.2) is 61.2 Å². The summed E-state index contributed by atoms with van der Waals surface area (Å²) in [7, 11) is 0. The van der Waals surface area contributed by atoms with Gasteiger partial charge in [-0.15, -0.1) is 0 Å². The van der Waals surface area contributed by atoms with Crippen LogP contribution in [-0.2, 0) is 0 Å². The van der Waals surface area contributed by atoms with E-state index in [0.29, 0.717) is 0 Å². The lowest BCUT2D eigenvalue weighted by molar-refractivity contribution is 0.0148. The van der Waals surface area contributed by atoms with Gasteiger partial charge in [0.15, 0.2) is 0 Å². The molecule has 3 heteroatoms. The van der Waals surface area contributed by atoms with Crippen LogP contribution in [0.1, 0.15) is 19.3 Å². The minimum atomic E-state index is 0.860. The second kappa shape index (κ2) is 3.80. The Hall–Kier alpha value is -0.120. The molecule has 14 heavy (non-hydrogen) atoms. The molecule has 0 aromatic heterocycles. The first-order valence-electron chi connectivity index (χ1n) is 6.12. The van der Waals surface area contributed by atoms with Gasteiger partial charge in [0.25, 0.3) is 0 Å². The van der Waals surface area contributed by atoms with E-state index < -0.39 is 0 Å². The molecule has 3 fully saturated rings. The third-order valence-electron chi connectivity index (χ3n) is 4.15. The monoisotopic (exact) mass is 195 g/mol. The highest BCUT2D eigenvalue weighted by atomic mass is 15.3. The van der Waals surface area contributed by atoms with E-state index in [1.54, 1.807) is 0 Å². The lowest BCUT2D eigenvalue weighted by Gasteiger charge is -2.48. The molecule has 3 aliphatic heterocycles. The molecule has 0 amide bonds. The average molecular weight is 195 g/mol. The zero-order valence-corrected chi connectivity index (χ0v) is 8.91. The van der Waals surface area contributed by atoms with Crippen molar-refractivity contribution in [2.45, 2.75) is 31.3 Å². The van der Waals surface area contributed by atoms with Gasteiger partial charge in [-0.05, 0) is 19.4 Å². The normalized spacial score (nSPS) is 36.4. The topological polar surface area (TPSA) is 18.5 Å². The summed E-state index contributed by atoms with van der Waals surface area (Å²) < 4.78 is 0. The first-order chi connectivity index (χ1) is 6.93. The van der Waals surface area contributed by atoms with Gasteiger partial charge in [0.1, 0.15) is 0 Å². The minimum absolute atomic E-state index is 0.860. The summed E-state index contributed by atoms with van der Waals surface area (Å²) in [5, 5.41) is 3.38. The average Bonchev–Trinajstić information content (AvgIpc) is 2.15. The molecule has 0 saturated carbocycles. The number of piperazine rings is 1. The molecular formula is C11H21N3. The van der Waals surface area contributed by atoms with E-state index in [1.807, 2.05) is 0 Å². The Kier molecular flexibility index (Phi) is 2.48. The maximum atomic E-state index is 3.38. The predicted octanol–water partition coefficient (Wildman–Crippen LogP) is 0.128. The number of nitrogens with one attached hydrogen (secondary N) is 1. The SMILES string of the molecule is C1CCN2CCN(C3CNC3)CC2C1. The second-order valence-electron chi connectivity index (χ2n) is 4.99. The summed E-state index contributed by atoms with van der Waals surface area (Å²) in [6.45, 7) is 7.79. The Morgan fingerprint density at radius 3 is 2.50 bits per heavy atom. The molecule has 3 saturated heterocycles. The molecule has 0 radical (unpaired) electrons. The largest absolute Gasteiger partial charge is 0.314 e. The minimum Gasteiger partial charge on any atom is -0.314 e. The van der Waals surface area contributed by atoms with Crippen LogP contribution >= 0.6 is 0 Å². The molecule has 0 bridgehead atoms. The molecular weight excluding hydrogens is 174 g/mol. The van der Waals surface area contributed by atoms with Crippen molar-refractivity contribution in [2.75, 3.05) is 39.3 Å². The first-order valence-corrected chi connectivity index (χ1v) is 6.12. The van der Waals surface area contributed by atoms with Crippen molar-refractivity contribution in [1.82, 2.24) is 15.1 Å². The van der Waals surface area contributed by atoms with E-state index in [2.05, 4.69) is 15.1 Å². The van der Waals surface area contributed by atoms with Crippen LogP contribution in [0.5, 0.6) is 0 Å². The lowest BCUT2D eigenvalue weighted by Crippen LogP contribution is -2.64. The van der Waals surface area contributed by atoms with Gasteiger partial charge in [0.05, 0.1) is 0 Å². The number of fused-ring (bicyclic) bond motifs is 1. The van der Waals surface area contributed by atoms with Gasteiger partial charge in [-0.25, -0.2) is 0 Å². The van der Waals surface area contributed by atoms with Crippen LogP contribution in [0.25, 0.3) is 0 Å². The first kappa shape index (κ1) is 9.13. The molecule has 3 nitrogen and oxygen atoms in total. The van der Waals surface area contributed by atoms with Crippen molar-refractivity contribution in [2.24, 2.45) is 0 Å². The molecule has 80 valence electrons. The Balaban J connectivity index is 1.59. The molecule has 3 aliphatic rings. The lowest BCUT2D eigenvalue weighted by atomic mass is 9.97. The number of hydrogen-bond acceptors (Lipinski definition) is 3. The summed E-state index contributed by atoms with van der Waals surface area (Å²) in [5.74, 6) is 0. The van der Waals surface area contributed by atoms with E-state index in [-0.39, 0.29) is 0 Å². The van der Waals surface area contributed by atoms with E-state index in [9.17, 15) is 0 Å². The fourth-order valence-electron chi connectivity index (χ4n) is 3.04. The Morgan fingerprint density at radius 2 is 1.71 bits per heavy atom. The number of piperidine rings is 1. The molecule has 1 N–H and O–H groups in total. The van der Waals surface area contributed by atoms with Gasteiger partial charge in [-0.3, -0.25) is 9.80 Å². The maximum Gasteiger partial charge on any atom is 0.0346 e. The number of nitrogens with zero attached hydrogens (tertiary/aromatic N) is 2. The highest BCUT2D eigenvalue weighted by molar-refractivity contribution is 4.92. The van der Waals surface area contributed by atoms with Crippen LogP contribution in [0.2, 0.25) is 0 Å². The highest BCUT2D eigenvalue weighted by Crippen LogP contribution is 2.22. The van der Waals surface area contributed by atoms with Crippen molar-refractivity contribution in [3.8, 4) is 0 Å². The van der Waals surface area contributed by atoms with Crippen LogP contribution in [0, 0.1) is 0 Å². The molecule has 3 heterocycles. The summed E-state index contributed by atoms with van der Waals surface area (Å²) >= 11 is 0. The Morgan fingerprint density at radius 1 is 0.857 bits per heavy atom. The fourth-order valence-corrected chi connectivity index (χ4v) is 3.04. The predicted molar refractivity (Wildman–Crippen MR) is 57.4 cm³/mol. The third kappa shape index (κ3) is 1.58. The standard InChI is InChI=1S/C11H21N3/c1-2-4-13-5-6-14(9-10(13)3-1)11-7-12-8-11/h10-12H,1-9H2. The smallest absolute Gasteiger partial charge is 0.0346 e. The summed E-state index contributed by atoms with van der Waals surface area (Å²) in [5.41, 5.74) is 0. The van der Waals surface area contributed by atoms with Crippen molar-refractivity contribution < 1.29 is 0 Å². The van der Waals surface area contributed by atoms with Gasteiger partial charge >= 0.3 is 0 Å². The molecule has 1 unspecified atom stereocenters. The van der Waals surface area contributed by atoms with Gasteiger partial charge in [-0.1, -0.05) is 6.42 Å². The maximum absolute atomic E-state index is 3.38. The van der Waals surface area contributed by atoms with Gasteiger partial charge in [0.2, 0.25) is 0 Å². The van der Waals surface area contributed by atoms with Gasteiger partial charge < -0.3 is 5.32 Å². The van der Waals surface area contributed by atoms with Gasteiger partial charge in [0, 0.05) is 44.8 Å². The summed E-state index contributed by atoms with van der Waals surface area (Å²) in [6, 6.07) is 1.75. The van der Waals surface area contributed by atoms with E-state index >= 15 is 0 Å².